The Morgan fingerprint density at radius 3 is 2.83 bits per heavy atom. The Bertz CT molecular complexity index is 1260. The van der Waals surface area contributed by atoms with Gasteiger partial charge in [0.1, 0.15) is 24.1 Å². The van der Waals surface area contributed by atoms with E-state index in [1.54, 1.807) is 6.07 Å². The molecule has 10 heteroatoms. The molecule has 0 amide bonds. The molecule has 1 saturated heterocycles. The number of rotatable bonds is 9. The summed E-state index contributed by atoms with van der Waals surface area (Å²) in [6.07, 6.45) is 5.47. The molecule has 1 aliphatic heterocycles. The van der Waals surface area contributed by atoms with Crippen LogP contribution in [0.15, 0.2) is 36.7 Å². The summed E-state index contributed by atoms with van der Waals surface area (Å²) in [5, 5.41) is 3.95. The third-order valence-corrected chi connectivity index (χ3v) is 6.60. The zero-order chi connectivity index (χ0) is 25.1. The second kappa shape index (κ2) is 10.8. The van der Waals surface area contributed by atoms with E-state index in [4.69, 9.17) is 25.8 Å². The molecule has 8 nitrogen and oxygen atoms in total. The van der Waals surface area contributed by atoms with E-state index in [0.717, 1.165) is 44.2 Å². The zero-order valence-corrected chi connectivity index (χ0v) is 20.8. The summed E-state index contributed by atoms with van der Waals surface area (Å²) >= 11 is 5.94. The van der Waals surface area contributed by atoms with Gasteiger partial charge in [0, 0.05) is 30.2 Å². The Morgan fingerprint density at radius 2 is 2.08 bits per heavy atom. The first-order valence-corrected chi connectivity index (χ1v) is 12.5. The molecule has 2 aliphatic rings. The molecule has 1 saturated carbocycles. The Kier molecular flexibility index (Phi) is 7.38. The first kappa shape index (κ1) is 24.5. The summed E-state index contributed by atoms with van der Waals surface area (Å²) < 4.78 is 31.2. The maximum absolute atomic E-state index is 13.6. The molecule has 2 aromatic carbocycles. The van der Waals surface area contributed by atoms with Gasteiger partial charge in [-0.15, -0.1) is 0 Å². The van der Waals surface area contributed by atoms with Crippen LogP contribution in [0.2, 0.25) is 5.02 Å². The quantitative estimate of drug-likeness (QED) is 0.311. The highest BCUT2D eigenvalue weighted by atomic mass is 35.5. The van der Waals surface area contributed by atoms with Crippen LogP contribution in [-0.4, -0.2) is 59.3 Å². The van der Waals surface area contributed by atoms with E-state index >= 15 is 0 Å². The van der Waals surface area contributed by atoms with Crippen LogP contribution in [0.4, 0.5) is 15.9 Å². The van der Waals surface area contributed by atoms with Gasteiger partial charge in [-0.3, -0.25) is 9.69 Å². The number of hydrogen-bond acceptors (Lipinski definition) is 8. The van der Waals surface area contributed by atoms with Gasteiger partial charge in [-0.05, 0) is 56.9 Å². The summed E-state index contributed by atoms with van der Waals surface area (Å²) in [5.41, 5.74) is 1.30. The SMILES string of the molecule is C[C@@H]1CN(CCCOc2cc3c(Nc4ccc(F)c(Cl)c4)ncnc3cc2OC2CCC2)CC(=O)O1. The summed E-state index contributed by atoms with van der Waals surface area (Å²) in [6, 6.07) is 8.15. The molecule has 1 N–H and O–H groups in total. The van der Waals surface area contributed by atoms with Crippen LogP contribution in [-0.2, 0) is 9.53 Å². The van der Waals surface area contributed by atoms with Crippen LogP contribution in [0.25, 0.3) is 10.9 Å². The molecular formula is C26H28ClFN4O4. The molecule has 1 aromatic heterocycles. The lowest BCUT2D eigenvalue weighted by molar-refractivity contribution is -0.157. The Balaban J connectivity index is 1.34. The molecule has 2 heterocycles. The fourth-order valence-electron chi connectivity index (χ4n) is 4.30. The fraction of sp³-hybridized carbons (Fsp3) is 0.423. The molecule has 0 bridgehead atoms. The minimum absolute atomic E-state index is 0.0231. The van der Waals surface area contributed by atoms with E-state index in [1.165, 1.54) is 18.5 Å². The van der Waals surface area contributed by atoms with Crippen molar-refractivity contribution in [2.75, 3.05) is 31.6 Å². The third-order valence-electron chi connectivity index (χ3n) is 6.31. The second-order valence-corrected chi connectivity index (χ2v) is 9.61. The monoisotopic (exact) mass is 514 g/mol. The van der Waals surface area contributed by atoms with Crippen molar-refractivity contribution in [2.24, 2.45) is 0 Å². The predicted octanol–water partition coefficient (Wildman–Crippen LogP) is 5.11. The van der Waals surface area contributed by atoms with E-state index in [9.17, 15) is 9.18 Å². The standard InChI is InChI=1S/C26H28ClFN4O4/c1-16-13-32(14-25(33)35-16)8-3-9-34-23-11-19-22(12-24(23)36-18-4-2-5-18)29-15-30-26(19)31-17-6-7-21(28)20(27)10-17/h6-7,10-12,15-16,18H,2-5,8-9,13-14H2,1H3,(H,29,30,31)/t16-/m1/s1. The number of fused-ring (bicyclic) bond motifs is 1. The largest absolute Gasteiger partial charge is 0.490 e. The van der Waals surface area contributed by atoms with E-state index < -0.39 is 5.82 Å². The first-order valence-electron chi connectivity index (χ1n) is 12.2. The Labute approximate surface area is 213 Å². The van der Waals surface area contributed by atoms with Gasteiger partial charge in [-0.25, -0.2) is 14.4 Å². The molecule has 36 heavy (non-hydrogen) atoms. The fourth-order valence-corrected chi connectivity index (χ4v) is 4.48. The number of nitrogens with zero attached hydrogens (tertiary/aromatic N) is 3. The summed E-state index contributed by atoms with van der Waals surface area (Å²) in [4.78, 5) is 22.6. The average Bonchev–Trinajstić information content (AvgIpc) is 2.81. The number of benzene rings is 2. The van der Waals surface area contributed by atoms with Crippen LogP contribution in [0.1, 0.15) is 32.6 Å². The topological polar surface area (TPSA) is 85.8 Å². The van der Waals surface area contributed by atoms with Gasteiger partial charge in [0.05, 0.1) is 29.8 Å². The Hall–Kier alpha value is -3.17. The first-order chi connectivity index (χ1) is 17.4. The number of halogens is 2. The number of carbonyl (C=O) groups excluding carboxylic acids is 1. The molecule has 0 unspecified atom stereocenters. The molecule has 3 aromatic rings. The molecule has 5 rings (SSSR count). The van der Waals surface area contributed by atoms with E-state index in [2.05, 4.69) is 20.2 Å². The highest BCUT2D eigenvalue weighted by molar-refractivity contribution is 6.31. The van der Waals surface area contributed by atoms with Gasteiger partial charge in [-0.2, -0.15) is 0 Å². The van der Waals surface area contributed by atoms with Crippen molar-refractivity contribution in [2.45, 2.75) is 44.8 Å². The van der Waals surface area contributed by atoms with E-state index in [0.29, 0.717) is 41.7 Å². The molecule has 2 fully saturated rings. The second-order valence-electron chi connectivity index (χ2n) is 9.20. The smallest absolute Gasteiger partial charge is 0.320 e. The summed E-state index contributed by atoms with van der Waals surface area (Å²) in [5.74, 6) is 1.12. The summed E-state index contributed by atoms with van der Waals surface area (Å²) in [7, 11) is 0. The van der Waals surface area contributed by atoms with Crippen LogP contribution in [0.3, 0.4) is 0 Å². The van der Waals surface area contributed by atoms with Gasteiger partial charge < -0.3 is 19.5 Å². The molecule has 1 aliphatic carbocycles. The number of hydrogen-bond donors (Lipinski definition) is 1. The normalized spacial score (nSPS) is 18.5. The molecule has 1 atom stereocenters. The van der Waals surface area contributed by atoms with E-state index in [1.807, 2.05) is 19.1 Å². The van der Waals surface area contributed by atoms with Gasteiger partial charge in [0.25, 0.3) is 0 Å². The van der Waals surface area contributed by atoms with E-state index in [-0.39, 0.29) is 23.2 Å². The van der Waals surface area contributed by atoms with Crippen molar-refractivity contribution in [3.8, 4) is 11.5 Å². The number of carbonyl (C=O) groups is 1. The van der Waals surface area contributed by atoms with Gasteiger partial charge >= 0.3 is 5.97 Å². The minimum Gasteiger partial charge on any atom is -0.490 e. The predicted molar refractivity (Wildman–Crippen MR) is 135 cm³/mol. The number of cyclic esters (lactones) is 1. The van der Waals surface area contributed by atoms with Crippen molar-refractivity contribution in [3.63, 3.8) is 0 Å². The highest BCUT2D eigenvalue weighted by Gasteiger charge is 2.24. The van der Waals surface area contributed by atoms with Gasteiger partial charge in [0.15, 0.2) is 11.5 Å². The number of morpholine rings is 1. The van der Waals surface area contributed by atoms with Crippen molar-refractivity contribution in [1.82, 2.24) is 14.9 Å². The highest BCUT2D eigenvalue weighted by Crippen LogP contribution is 2.38. The average molecular weight is 515 g/mol. The number of aromatic nitrogens is 2. The minimum atomic E-state index is -0.487. The lowest BCUT2D eigenvalue weighted by Crippen LogP contribution is -2.44. The van der Waals surface area contributed by atoms with Crippen LogP contribution >= 0.6 is 11.6 Å². The van der Waals surface area contributed by atoms with Crippen LogP contribution < -0.4 is 14.8 Å². The van der Waals surface area contributed by atoms with Crippen molar-refractivity contribution in [1.29, 1.82) is 0 Å². The number of esters is 1. The maximum Gasteiger partial charge on any atom is 0.320 e. The van der Waals surface area contributed by atoms with Crippen LogP contribution in [0, 0.1) is 5.82 Å². The van der Waals surface area contributed by atoms with Gasteiger partial charge in [0.2, 0.25) is 0 Å². The zero-order valence-electron chi connectivity index (χ0n) is 20.0. The number of anilines is 2. The molecule has 0 radical (unpaired) electrons. The maximum atomic E-state index is 13.6. The van der Waals surface area contributed by atoms with Crippen molar-refractivity contribution >= 4 is 40.0 Å². The van der Waals surface area contributed by atoms with Crippen molar-refractivity contribution < 1.29 is 23.4 Å². The van der Waals surface area contributed by atoms with Crippen LogP contribution in [0.5, 0.6) is 11.5 Å². The lowest BCUT2D eigenvalue weighted by Gasteiger charge is -2.30. The molecule has 190 valence electrons. The number of ether oxygens (including phenoxy) is 3. The summed E-state index contributed by atoms with van der Waals surface area (Å²) in [6.45, 7) is 4.10. The molecule has 0 spiro atoms. The third kappa shape index (κ3) is 5.79. The van der Waals surface area contributed by atoms with Gasteiger partial charge in [-0.1, -0.05) is 11.6 Å². The lowest BCUT2D eigenvalue weighted by atomic mass is 9.96. The Morgan fingerprint density at radius 1 is 1.22 bits per heavy atom. The molecular weight excluding hydrogens is 487 g/mol. The van der Waals surface area contributed by atoms with Crippen molar-refractivity contribution in [3.05, 3.63) is 47.5 Å². The number of nitrogens with one attached hydrogen (secondary N) is 1.